The maximum atomic E-state index is 12.6. The summed E-state index contributed by atoms with van der Waals surface area (Å²) in [5, 5.41) is 8.32. The van der Waals surface area contributed by atoms with Crippen LogP contribution in [0.15, 0.2) is 48.8 Å². The molecule has 0 aliphatic carbocycles. The Balaban J connectivity index is 1.72. The molecule has 2 N–H and O–H groups in total. The summed E-state index contributed by atoms with van der Waals surface area (Å²) in [4.78, 5) is 4.13. The van der Waals surface area contributed by atoms with Crippen LogP contribution >= 0.6 is 0 Å². The first-order valence-electron chi connectivity index (χ1n) is 7.16. The lowest BCUT2D eigenvalue weighted by Gasteiger charge is -2.10. The molecule has 2 heterocycles. The summed E-state index contributed by atoms with van der Waals surface area (Å²) in [5.74, 6) is 1.37. The zero-order chi connectivity index (χ0) is 17.6. The molecule has 126 valence electrons. The van der Waals surface area contributed by atoms with Crippen LogP contribution < -0.4 is 10.5 Å². The van der Waals surface area contributed by atoms with Crippen LogP contribution in [0.4, 0.5) is 19.0 Å². The van der Waals surface area contributed by atoms with E-state index in [2.05, 4.69) is 15.2 Å². The largest absolute Gasteiger partial charge is 0.457 e. The summed E-state index contributed by atoms with van der Waals surface area (Å²) in [6.07, 6.45) is -2.89. The molecular weight excluding hydrogens is 335 g/mol. The van der Waals surface area contributed by atoms with Gasteiger partial charge in [-0.25, -0.2) is 0 Å². The number of anilines is 1. The van der Waals surface area contributed by atoms with Gasteiger partial charge in [0.2, 0.25) is 0 Å². The van der Waals surface area contributed by atoms with Crippen molar-refractivity contribution in [3.8, 4) is 11.5 Å². The fourth-order valence-corrected chi connectivity index (χ4v) is 2.48. The van der Waals surface area contributed by atoms with Gasteiger partial charge in [0.1, 0.15) is 23.6 Å². The lowest BCUT2D eigenvalue weighted by Crippen LogP contribution is -2.04. The maximum absolute atomic E-state index is 12.6. The number of rotatable bonds is 2. The number of hydrogen-bond donors (Lipinski definition) is 1. The lowest BCUT2D eigenvalue weighted by atomic mass is 10.2. The van der Waals surface area contributed by atoms with Gasteiger partial charge in [0.05, 0.1) is 11.1 Å². The molecular formula is C16H10F3N5O. The zero-order valence-electron chi connectivity index (χ0n) is 12.5. The molecule has 4 aromatic rings. The van der Waals surface area contributed by atoms with Crippen LogP contribution in [-0.4, -0.2) is 19.6 Å². The summed E-state index contributed by atoms with van der Waals surface area (Å²) in [6.45, 7) is 0. The first-order chi connectivity index (χ1) is 11.9. The number of benzene rings is 2. The van der Waals surface area contributed by atoms with Crippen molar-refractivity contribution < 1.29 is 17.9 Å². The van der Waals surface area contributed by atoms with Gasteiger partial charge in [-0.2, -0.15) is 18.2 Å². The molecule has 25 heavy (non-hydrogen) atoms. The van der Waals surface area contributed by atoms with E-state index in [0.29, 0.717) is 28.2 Å². The monoisotopic (exact) mass is 345 g/mol. The van der Waals surface area contributed by atoms with Gasteiger partial charge in [-0.15, -0.1) is 10.2 Å². The van der Waals surface area contributed by atoms with Crippen molar-refractivity contribution in [1.82, 2.24) is 19.6 Å². The van der Waals surface area contributed by atoms with Gasteiger partial charge in [0.25, 0.3) is 5.78 Å². The third-order valence-electron chi connectivity index (χ3n) is 3.67. The Hall–Kier alpha value is -3.36. The summed E-state index contributed by atoms with van der Waals surface area (Å²) >= 11 is 0. The second-order valence-electron chi connectivity index (χ2n) is 5.30. The summed E-state index contributed by atoms with van der Waals surface area (Å²) < 4.78 is 45.1. The molecule has 0 spiro atoms. The van der Waals surface area contributed by atoms with E-state index < -0.39 is 11.7 Å². The van der Waals surface area contributed by atoms with Gasteiger partial charge >= 0.3 is 6.18 Å². The summed E-state index contributed by atoms with van der Waals surface area (Å²) in [5.41, 5.74) is 5.85. The molecule has 0 amide bonds. The van der Waals surface area contributed by atoms with Crippen LogP contribution in [0.3, 0.4) is 0 Å². The van der Waals surface area contributed by atoms with E-state index in [0.717, 1.165) is 12.1 Å². The van der Waals surface area contributed by atoms with Crippen molar-refractivity contribution in [2.24, 2.45) is 0 Å². The van der Waals surface area contributed by atoms with E-state index in [9.17, 15) is 13.2 Å². The normalized spacial score (nSPS) is 12.0. The Labute approximate surface area is 138 Å². The number of nitrogens with two attached hydrogens (primary N) is 1. The quantitative estimate of drug-likeness (QED) is 0.600. The first kappa shape index (κ1) is 15.2. The van der Waals surface area contributed by atoms with Gasteiger partial charge in [-0.1, -0.05) is 0 Å². The Morgan fingerprint density at radius 1 is 1.00 bits per heavy atom. The molecule has 9 heteroatoms. The van der Waals surface area contributed by atoms with Crippen molar-refractivity contribution >= 4 is 22.5 Å². The van der Waals surface area contributed by atoms with Crippen molar-refractivity contribution in [3.05, 3.63) is 54.4 Å². The second kappa shape index (κ2) is 5.33. The average molecular weight is 345 g/mol. The first-order valence-corrected chi connectivity index (χ1v) is 7.16. The molecule has 0 atom stereocenters. The van der Waals surface area contributed by atoms with Crippen molar-refractivity contribution in [3.63, 3.8) is 0 Å². The van der Waals surface area contributed by atoms with Crippen LogP contribution in [0, 0.1) is 0 Å². The van der Waals surface area contributed by atoms with E-state index in [1.165, 1.54) is 18.5 Å². The summed E-state index contributed by atoms with van der Waals surface area (Å²) in [6, 6.07) is 9.54. The van der Waals surface area contributed by atoms with Gasteiger partial charge < -0.3 is 10.5 Å². The standard InChI is InChI=1S/C16H10F3N5O/c17-16(18,19)9-1-3-10(4-2-9)25-11-5-6-12-13(7-11)24-8-21-23-15(24)22-14(12)20/h1-8H,(H2,20,22,23). The highest BCUT2D eigenvalue weighted by Crippen LogP contribution is 2.32. The van der Waals surface area contributed by atoms with Crippen molar-refractivity contribution in [1.29, 1.82) is 0 Å². The second-order valence-corrected chi connectivity index (χ2v) is 5.30. The highest BCUT2D eigenvalue weighted by Gasteiger charge is 2.30. The molecule has 0 aliphatic heterocycles. The minimum absolute atomic E-state index is 0.286. The number of ether oxygens (including phenoxy) is 1. The van der Waals surface area contributed by atoms with Gasteiger partial charge in [-0.05, 0) is 36.4 Å². The predicted octanol–water partition coefficient (Wildman–Crippen LogP) is 3.67. The number of nitrogen functional groups attached to an aromatic ring is 1. The molecule has 0 radical (unpaired) electrons. The topological polar surface area (TPSA) is 78.3 Å². The number of alkyl halides is 3. The third kappa shape index (κ3) is 2.69. The van der Waals surface area contributed by atoms with E-state index in [-0.39, 0.29) is 5.75 Å². The van der Waals surface area contributed by atoms with Crippen LogP contribution in [0.2, 0.25) is 0 Å². The smallest absolute Gasteiger partial charge is 0.416 e. The maximum Gasteiger partial charge on any atom is 0.416 e. The average Bonchev–Trinajstić information content (AvgIpc) is 3.03. The number of aromatic nitrogens is 4. The Morgan fingerprint density at radius 3 is 2.44 bits per heavy atom. The highest BCUT2D eigenvalue weighted by atomic mass is 19.4. The van der Waals surface area contributed by atoms with Gasteiger partial charge in [0, 0.05) is 11.5 Å². The SMILES string of the molecule is Nc1nc2nncn2c2cc(Oc3ccc(C(F)(F)F)cc3)ccc12. The fourth-order valence-electron chi connectivity index (χ4n) is 2.48. The predicted molar refractivity (Wildman–Crippen MR) is 84.2 cm³/mol. The van der Waals surface area contributed by atoms with Crippen molar-refractivity contribution in [2.45, 2.75) is 6.18 Å². The molecule has 0 unspecified atom stereocenters. The number of fused-ring (bicyclic) bond motifs is 3. The van der Waals surface area contributed by atoms with Crippen LogP contribution in [0.5, 0.6) is 11.5 Å². The van der Waals surface area contributed by atoms with Gasteiger partial charge in [-0.3, -0.25) is 4.40 Å². The minimum Gasteiger partial charge on any atom is -0.457 e. The third-order valence-corrected chi connectivity index (χ3v) is 3.67. The molecule has 0 saturated heterocycles. The molecule has 0 bridgehead atoms. The van der Waals surface area contributed by atoms with E-state index in [1.807, 2.05) is 0 Å². The summed E-state index contributed by atoms with van der Waals surface area (Å²) in [7, 11) is 0. The molecule has 0 saturated carbocycles. The Morgan fingerprint density at radius 2 is 1.72 bits per heavy atom. The van der Waals surface area contributed by atoms with Gasteiger partial charge in [0.15, 0.2) is 0 Å². The molecule has 2 aromatic heterocycles. The molecule has 0 fully saturated rings. The van der Waals surface area contributed by atoms with Crippen molar-refractivity contribution in [2.75, 3.05) is 5.73 Å². The minimum atomic E-state index is -4.38. The van der Waals surface area contributed by atoms with Crippen LogP contribution in [-0.2, 0) is 6.18 Å². The highest BCUT2D eigenvalue weighted by molar-refractivity contribution is 5.90. The van der Waals surface area contributed by atoms with Crippen LogP contribution in [0.1, 0.15) is 5.56 Å². The Bertz CT molecular complexity index is 1070. The molecule has 0 aliphatic rings. The van der Waals surface area contributed by atoms with E-state index in [4.69, 9.17) is 10.5 Å². The molecule has 6 nitrogen and oxygen atoms in total. The van der Waals surface area contributed by atoms with E-state index >= 15 is 0 Å². The Kier molecular flexibility index (Phi) is 3.24. The number of hydrogen-bond acceptors (Lipinski definition) is 5. The van der Waals surface area contributed by atoms with Crippen LogP contribution in [0.25, 0.3) is 16.7 Å². The number of nitrogens with zero attached hydrogens (tertiary/aromatic N) is 4. The zero-order valence-corrected chi connectivity index (χ0v) is 12.5. The van der Waals surface area contributed by atoms with E-state index in [1.54, 1.807) is 22.6 Å². The molecule has 4 rings (SSSR count). The molecule has 2 aromatic carbocycles. The number of halogens is 3. The fraction of sp³-hybridized carbons (Fsp3) is 0.0625. The lowest BCUT2D eigenvalue weighted by molar-refractivity contribution is -0.137.